The molecular weight excluding hydrogens is 273 g/mol. The van der Waals surface area contributed by atoms with E-state index in [1.54, 1.807) is 7.11 Å². The van der Waals surface area contributed by atoms with Gasteiger partial charge < -0.3 is 10.1 Å². The minimum atomic E-state index is -4.33. The molecule has 112 valence electrons. The molecule has 0 bridgehead atoms. The topological polar surface area (TPSA) is 71.7 Å². The van der Waals surface area contributed by atoms with Gasteiger partial charge in [0.2, 0.25) is 5.96 Å². The van der Waals surface area contributed by atoms with Crippen molar-refractivity contribution in [3.63, 3.8) is 0 Å². The van der Waals surface area contributed by atoms with Gasteiger partial charge in [0.25, 0.3) is 0 Å². The van der Waals surface area contributed by atoms with E-state index in [1.807, 2.05) is 0 Å². The van der Waals surface area contributed by atoms with Crippen molar-refractivity contribution in [3.05, 3.63) is 35.4 Å². The van der Waals surface area contributed by atoms with E-state index in [2.05, 4.69) is 15.7 Å². The Bertz CT molecular complexity index is 431. The second kappa shape index (κ2) is 7.71. The molecule has 20 heavy (non-hydrogen) atoms. The number of nitrogens with zero attached hydrogens (tertiary/aromatic N) is 1. The summed E-state index contributed by atoms with van der Waals surface area (Å²) >= 11 is 0. The van der Waals surface area contributed by atoms with E-state index >= 15 is 0 Å². The molecule has 4 N–H and O–H groups in total. The van der Waals surface area contributed by atoms with Gasteiger partial charge in [-0.2, -0.15) is 13.2 Å². The first-order valence-electron chi connectivity index (χ1n) is 5.87. The Morgan fingerprint density at radius 3 is 2.45 bits per heavy atom. The van der Waals surface area contributed by atoms with E-state index in [0.717, 1.165) is 12.1 Å². The van der Waals surface area contributed by atoms with Crippen LogP contribution in [0.3, 0.4) is 0 Å². The first-order valence-corrected chi connectivity index (χ1v) is 5.87. The molecule has 0 spiro atoms. The predicted octanol–water partition coefficient (Wildman–Crippen LogP) is 1.26. The largest absolute Gasteiger partial charge is 0.416 e. The van der Waals surface area contributed by atoms with E-state index in [0.29, 0.717) is 24.7 Å². The van der Waals surface area contributed by atoms with Gasteiger partial charge in [0, 0.05) is 13.7 Å². The van der Waals surface area contributed by atoms with Crippen molar-refractivity contribution >= 4 is 5.96 Å². The Morgan fingerprint density at radius 1 is 1.30 bits per heavy atom. The average molecular weight is 290 g/mol. The van der Waals surface area contributed by atoms with Crippen molar-refractivity contribution < 1.29 is 17.9 Å². The summed E-state index contributed by atoms with van der Waals surface area (Å²) in [5.74, 6) is 5.62. The number of methoxy groups -OCH3 is 1. The number of hydrogen-bond donors (Lipinski definition) is 3. The van der Waals surface area contributed by atoms with Gasteiger partial charge in [-0.25, -0.2) is 10.8 Å². The van der Waals surface area contributed by atoms with E-state index in [4.69, 9.17) is 10.6 Å². The van der Waals surface area contributed by atoms with Gasteiger partial charge in [0.1, 0.15) is 0 Å². The van der Waals surface area contributed by atoms with E-state index in [9.17, 15) is 13.2 Å². The normalized spacial score (nSPS) is 12.3. The molecular formula is C12H17F3N4O. The van der Waals surface area contributed by atoms with Gasteiger partial charge in [-0.05, 0) is 17.7 Å². The molecule has 0 aliphatic rings. The zero-order valence-corrected chi connectivity index (χ0v) is 11.0. The van der Waals surface area contributed by atoms with Crippen molar-refractivity contribution in [1.29, 1.82) is 0 Å². The third kappa shape index (κ3) is 5.45. The number of rotatable bonds is 5. The van der Waals surface area contributed by atoms with Crippen LogP contribution in [0.2, 0.25) is 0 Å². The lowest BCUT2D eigenvalue weighted by atomic mass is 10.1. The van der Waals surface area contributed by atoms with Gasteiger partial charge in [0.15, 0.2) is 0 Å². The molecule has 0 aromatic heterocycles. The molecule has 1 aromatic rings. The minimum absolute atomic E-state index is 0.220. The minimum Gasteiger partial charge on any atom is -0.383 e. The summed E-state index contributed by atoms with van der Waals surface area (Å²) in [4.78, 5) is 4.11. The number of halogens is 3. The van der Waals surface area contributed by atoms with Crippen LogP contribution in [-0.4, -0.2) is 26.2 Å². The van der Waals surface area contributed by atoms with Crippen molar-refractivity contribution in [2.24, 2.45) is 10.8 Å². The van der Waals surface area contributed by atoms with Gasteiger partial charge in [-0.15, -0.1) is 0 Å². The van der Waals surface area contributed by atoms with Crippen LogP contribution in [0, 0.1) is 0 Å². The number of nitrogens with one attached hydrogen (secondary N) is 2. The van der Waals surface area contributed by atoms with Crippen LogP contribution in [-0.2, 0) is 17.5 Å². The number of benzene rings is 1. The number of guanidine groups is 1. The van der Waals surface area contributed by atoms with E-state index < -0.39 is 11.7 Å². The molecule has 0 saturated heterocycles. The molecule has 0 amide bonds. The fraction of sp³-hybridized carbons (Fsp3) is 0.417. The van der Waals surface area contributed by atoms with E-state index in [-0.39, 0.29) is 6.54 Å². The smallest absolute Gasteiger partial charge is 0.383 e. The number of nitrogens with two attached hydrogens (primary N) is 1. The van der Waals surface area contributed by atoms with Crippen molar-refractivity contribution in [3.8, 4) is 0 Å². The highest BCUT2D eigenvalue weighted by Crippen LogP contribution is 2.29. The molecule has 0 aliphatic heterocycles. The van der Waals surface area contributed by atoms with Crippen LogP contribution < -0.4 is 16.6 Å². The van der Waals surface area contributed by atoms with Crippen LogP contribution >= 0.6 is 0 Å². The van der Waals surface area contributed by atoms with Crippen LogP contribution in [0.4, 0.5) is 13.2 Å². The predicted molar refractivity (Wildman–Crippen MR) is 69.8 cm³/mol. The summed E-state index contributed by atoms with van der Waals surface area (Å²) in [5, 5.41) is 2.89. The first kappa shape index (κ1) is 16.3. The number of aliphatic imine (C=N–C) groups is 1. The molecule has 1 rings (SSSR count). The van der Waals surface area contributed by atoms with Gasteiger partial charge in [0.05, 0.1) is 18.7 Å². The first-order chi connectivity index (χ1) is 9.47. The SMILES string of the molecule is COCCNC(=NCc1ccc(C(F)(F)F)cc1)NN. The maximum atomic E-state index is 12.4. The highest BCUT2D eigenvalue weighted by molar-refractivity contribution is 5.79. The summed E-state index contributed by atoms with van der Waals surface area (Å²) < 4.78 is 42.0. The Labute approximate surface area is 115 Å². The average Bonchev–Trinajstić information content (AvgIpc) is 2.42. The zero-order valence-electron chi connectivity index (χ0n) is 11.0. The van der Waals surface area contributed by atoms with Crippen molar-refractivity contribution in [1.82, 2.24) is 10.7 Å². The fourth-order valence-corrected chi connectivity index (χ4v) is 1.39. The Balaban J connectivity index is 2.59. The molecule has 0 unspecified atom stereocenters. The summed E-state index contributed by atoms with van der Waals surface area (Å²) in [5.41, 5.74) is 2.34. The van der Waals surface area contributed by atoms with E-state index in [1.165, 1.54) is 12.1 Å². The summed E-state index contributed by atoms with van der Waals surface area (Å²) in [6, 6.07) is 4.82. The van der Waals surface area contributed by atoms with Crippen molar-refractivity contribution in [2.45, 2.75) is 12.7 Å². The van der Waals surface area contributed by atoms with Crippen LogP contribution in [0.5, 0.6) is 0 Å². The third-order valence-electron chi connectivity index (χ3n) is 2.44. The lowest BCUT2D eigenvalue weighted by molar-refractivity contribution is -0.137. The molecule has 0 aliphatic carbocycles. The summed E-state index contributed by atoms with van der Waals surface area (Å²) in [7, 11) is 1.57. The molecule has 0 saturated carbocycles. The van der Waals surface area contributed by atoms with Gasteiger partial charge >= 0.3 is 6.18 Å². The highest BCUT2D eigenvalue weighted by Gasteiger charge is 2.29. The highest BCUT2D eigenvalue weighted by atomic mass is 19.4. The van der Waals surface area contributed by atoms with Crippen LogP contribution in [0.25, 0.3) is 0 Å². The number of hydrogen-bond acceptors (Lipinski definition) is 3. The molecule has 1 aromatic carbocycles. The zero-order chi connectivity index (χ0) is 15.0. The summed E-state index contributed by atoms with van der Waals surface area (Å²) in [6.07, 6.45) is -4.33. The molecule has 0 radical (unpaired) electrons. The summed E-state index contributed by atoms with van der Waals surface area (Å²) in [6.45, 7) is 1.23. The Kier molecular flexibility index (Phi) is 6.26. The molecule has 0 atom stereocenters. The molecule has 8 heteroatoms. The molecule has 0 fully saturated rings. The quantitative estimate of drug-likeness (QED) is 0.251. The lowest BCUT2D eigenvalue weighted by Crippen LogP contribution is -2.42. The molecule has 5 nitrogen and oxygen atoms in total. The molecule has 0 heterocycles. The third-order valence-corrected chi connectivity index (χ3v) is 2.44. The van der Waals surface area contributed by atoms with Gasteiger partial charge in [-0.3, -0.25) is 5.43 Å². The van der Waals surface area contributed by atoms with Crippen molar-refractivity contribution in [2.75, 3.05) is 20.3 Å². The number of alkyl halides is 3. The maximum Gasteiger partial charge on any atom is 0.416 e. The number of hydrazine groups is 1. The Morgan fingerprint density at radius 2 is 1.95 bits per heavy atom. The Hall–Kier alpha value is -1.80. The maximum absolute atomic E-state index is 12.4. The van der Waals surface area contributed by atoms with Crippen LogP contribution in [0.1, 0.15) is 11.1 Å². The second-order valence-electron chi connectivity index (χ2n) is 3.92. The standard InChI is InChI=1S/C12H17F3N4O/c1-20-7-6-17-11(19-16)18-8-9-2-4-10(5-3-9)12(13,14)15/h2-5H,6-8,16H2,1H3,(H2,17,18,19). The number of ether oxygens (including phenoxy) is 1. The fourth-order valence-electron chi connectivity index (χ4n) is 1.39. The van der Waals surface area contributed by atoms with Gasteiger partial charge in [-0.1, -0.05) is 12.1 Å². The van der Waals surface area contributed by atoms with Crippen LogP contribution in [0.15, 0.2) is 29.3 Å². The lowest BCUT2D eigenvalue weighted by Gasteiger charge is -2.09. The monoisotopic (exact) mass is 290 g/mol. The second-order valence-corrected chi connectivity index (χ2v) is 3.92.